The molecular formula is C18H26N4O3S. The second-order valence-corrected chi connectivity index (χ2v) is 8.60. The van der Waals surface area contributed by atoms with E-state index in [-0.39, 0.29) is 35.4 Å². The molecule has 26 heavy (non-hydrogen) atoms. The second kappa shape index (κ2) is 6.81. The van der Waals surface area contributed by atoms with Gasteiger partial charge in [0.1, 0.15) is 5.69 Å². The van der Waals surface area contributed by atoms with Gasteiger partial charge in [-0.2, -0.15) is 0 Å². The summed E-state index contributed by atoms with van der Waals surface area (Å²) in [6.45, 7) is 0.651. The molecule has 2 heterocycles. The zero-order chi connectivity index (χ0) is 18.3. The molecule has 3 atom stereocenters. The van der Waals surface area contributed by atoms with E-state index in [1.165, 1.54) is 11.3 Å². The summed E-state index contributed by atoms with van der Waals surface area (Å²) in [6, 6.07) is 0.0636. The summed E-state index contributed by atoms with van der Waals surface area (Å²) in [5.41, 5.74) is 5.78. The number of amides is 2. The third kappa shape index (κ3) is 2.99. The molecule has 8 heteroatoms. The molecule has 4 rings (SSSR count). The maximum Gasteiger partial charge on any atom is 0.273 e. The normalized spacial score (nSPS) is 31.3. The van der Waals surface area contributed by atoms with Crippen LogP contribution >= 0.6 is 11.3 Å². The predicted octanol–water partition coefficient (Wildman–Crippen LogP) is 1.79. The monoisotopic (exact) mass is 378 g/mol. The minimum atomic E-state index is -0.311. The van der Waals surface area contributed by atoms with Crippen molar-refractivity contribution in [2.24, 2.45) is 5.92 Å². The molecule has 0 bridgehead atoms. The Balaban J connectivity index is 1.49. The Hall–Kier alpha value is -1.67. The van der Waals surface area contributed by atoms with E-state index in [4.69, 9.17) is 10.5 Å². The van der Waals surface area contributed by atoms with E-state index in [0.29, 0.717) is 17.4 Å². The Bertz CT molecular complexity index is 704. The molecule has 1 aromatic heterocycles. The number of hydrogen-bond donors (Lipinski definition) is 2. The summed E-state index contributed by atoms with van der Waals surface area (Å²) in [4.78, 5) is 31.3. The molecule has 3 fully saturated rings. The van der Waals surface area contributed by atoms with Gasteiger partial charge in [0, 0.05) is 31.0 Å². The smallest absolute Gasteiger partial charge is 0.273 e. The number of hydrogen-bond acceptors (Lipinski definition) is 6. The number of carbonyl (C=O) groups excluding carboxylic acids is 2. The van der Waals surface area contributed by atoms with Crippen LogP contribution in [-0.2, 0) is 9.53 Å². The first-order chi connectivity index (χ1) is 12.5. The number of anilines is 1. The van der Waals surface area contributed by atoms with Crippen molar-refractivity contribution < 1.29 is 14.3 Å². The van der Waals surface area contributed by atoms with Gasteiger partial charge in [-0.15, -0.1) is 11.3 Å². The summed E-state index contributed by atoms with van der Waals surface area (Å²) in [5, 5.41) is 5.33. The molecule has 1 aliphatic heterocycles. The Morgan fingerprint density at radius 3 is 2.81 bits per heavy atom. The molecule has 2 saturated carbocycles. The van der Waals surface area contributed by atoms with Crippen LogP contribution in [0.5, 0.6) is 0 Å². The summed E-state index contributed by atoms with van der Waals surface area (Å²) in [6.07, 6.45) is 6.46. The van der Waals surface area contributed by atoms with Gasteiger partial charge in [-0.05, 0) is 38.5 Å². The topological polar surface area (TPSA) is 97.5 Å². The van der Waals surface area contributed by atoms with E-state index in [2.05, 4.69) is 10.3 Å². The molecular weight excluding hydrogens is 352 g/mol. The van der Waals surface area contributed by atoms with Gasteiger partial charge in [0.15, 0.2) is 5.13 Å². The molecule has 2 amide bonds. The number of ether oxygens (including phenoxy) is 1. The molecule has 0 spiro atoms. The Kier molecular flexibility index (Phi) is 4.64. The largest absolute Gasteiger partial charge is 0.376 e. The fourth-order valence-electron chi connectivity index (χ4n) is 4.59. The van der Waals surface area contributed by atoms with Crippen molar-refractivity contribution in [2.45, 2.75) is 62.6 Å². The Morgan fingerprint density at radius 1 is 1.38 bits per heavy atom. The summed E-state index contributed by atoms with van der Waals surface area (Å²) in [7, 11) is 1.73. The fourth-order valence-corrected chi connectivity index (χ4v) is 5.13. The van der Waals surface area contributed by atoms with E-state index in [1.54, 1.807) is 12.5 Å². The number of carbonyl (C=O) groups is 2. The highest BCUT2D eigenvalue weighted by atomic mass is 32.1. The van der Waals surface area contributed by atoms with Gasteiger partial charge >= 0.3 is 0 Å². The van der Waals surface area contributed by atoms with E-state index < -0.39 is 0 Å². The molecule has 3 N–H and O–H groups in total. The van der Waals surface area contributed by atoms with Crippen molar-refractivity contribution in [3.05, 3.63) is 11.1 Å². The number of aromatic nitrogens is 1. The van der Waals surface area contributed by atoms with E-state index in [9.17, 15) is 9.59 Å². The average Bonchev–Trinajstić information content (AvgIpc) is 3.17. The van der Waals surface area contributed by atoms with Gasteiger partial charge in [-0.3, -0.25) is 9.59 Å². The zero-order valence-corrected chi connectivity index (χ0v) is 15.9. The van der Waals surface area contributed by atoms with Gasteiger partial charge in [0.05, 0.1) is 11.6 Å². The van der Waals surface area contributed by atoms with Crippen LogP contribution in [0.15, 0.2) is 5.38 Å². The van der Waals surface area contributed by atoms with Crippen LogP contribution in [0.2, 0.25) is 0 Å². The summed E-state index contributed by atoms with van der Waals surface area (Å²) in [5.74, 6) is 0.269. The van der Waals surface area contributed by atoms with E-state index >= 15 is 0 Å². The second-order valence-electron chi connectivity index (χ2n) is 7.71. The number of nitrogens with two attached hydrogens (primary N) is 1. The third-order valence-electron chi connectivity index (χ3n) is 6.41. The molecule has 0 aromatic carbocycles. The molecule has 3 aliphatic rings. The summed E-state index contributed by atoms with van der Waals surface area (Å²) >= 11 is 1.28. The summed E-state index contributed by atoms with van der Waals surface area (Å²) < 4.78 is 5.91. The standard InChI is InChI=1S/C18H26N4O3S/c1-25-18-6-5-12(20-15(23)11-3-2-4-11)9-14(18)22(8-7-18)16(24)13-10-26-17(19)21-13/h10-12,14H,2-9H2,1H3,(H2,19,21)(H,20,23)/t12-,14+,18-/m1/s1. The maximum atomic E-state index is 12.9. The highest BCUT2D eigenvalue weighted by molar-refractivity contribution is 7.13. The van der Waals surface area contributed by atoms with Crippen LogP contribution in [-0.4, -0.2) is 53.0 Å². The minimum Gasteiger partial charge on any atom is -0.376 e. The predicted molar refractivity (Wildman–Crippen MR) is 98.8 cm³/mol. The molecule has 1 aromatic rings. The van der Waals surface area contributed by atoms with Gasteiger partial charge in [-0.1, -0.05) is 6.42 Å². The zero-order valence-electron chi connectivity index (χ0n) is 15.1. The number of methoxy groups -OCH3 is 1. The van der Waals surface area contributed by atoms with Crippen LogP contribution in [0.3, 0.4) is 0 Å². The molecule has 7 nitrogen and oxygen atoms in total. The van der Waals surface area contributed by atoms with Crippen LogP contribution in [0.4, 0.5) is 5.13 Å². The lowest BCUT2D eigenvalue weighted by atomic mass is 9.77. The van der Waals surface area contributed by atoms with Crippen molar-refractivity contribution in [3.8, 4) is 0 Å². The average molecular weight is 378 g/mol. The Labute approximate surface area is 157 Å². The lowest BCUT2D eigenvalue weighted by molar-refractivity contribution is -0.129. The van der Waals surface area contributed by atoms with Gasteiger partial charge < -0.3 is 20.7 Å². The van der Waals surface area contributed by atoms with Crippen molar-refractivity contribution in [3.63, 3.8) is 0 Å². The lowest BCUT2D eigenvalue weighted by Crippen LogP contribution is -2.56. The van der Waals surface area contributed by atoms with Crippen molar-refractivity contribution in [1.82, 2.24) is 15.2 Å². The van der Waals surface area contributed by atoms with Crippen molar-refractivity contribution in [1.29, 1.82) is 0 Å². The van der Waals surface area contributed by atoms with Gasteiger partial charge in [0.25, 0.3) is 5.91 Å². The molecule has 142 valence electrons. The first kappa shape index (κ1) is 17.7. The number of likely N-dealkylation sites (tertiary alicyclic amines) is 1. The van der Waals surface area contributed by atoms with Crippen molar-refractivity contribution >= 4 is 28.3 Å². The highest BCUT2D eigenvalue weighted by Crippen LogP contribution is 2.43. The molecule has 1 saturated heterocycles. The number of thiazole rings is 1. The van der Waals surface area contributed by atoms with Gasteiger partial charge in [0.2, 0.25) is 5.91 Å². The minimum absolute atomic E-state index is 0.0386. The number of nitrogens with zero attached hydrogens (tertiary/aromatic N) is 2. The third-order valence-corrected chi connectivity index (χ3v) is 7.09. The maximum absolute atomic E-state index is 12.9. The first-order valence-electron chi connectivity index (χ1n) is 9.40. The van der Waals surface area contributed by atoms with E-state index in [0.717, 1.165) is 44.9 Å². The first-order valence-corrected chi connectivity index (χ1v) is 10.3. The number of nitrogen functional groups attached to an aromatic ring is 1. The van der Waals surface area contributed by atoms with Crippen molar-refractivity contribution in [2.75, 3.05) is 19.4 Å². The lowest BCUT2D eigenvalue weighted by Gasteiger charge is -2.44. The Morgan fingerprint density at radius 2 is 2.19 bits per heavy atom. The number of fused-ring (bicyclic) bond motifs is 1. The van der Waals surface area contributed by atoms with Crippen LogP contribution in [0.25, 0.3) is 0 Å². The van der Waals surface area contributed by atoms with Gasteiger partial charge in [-0.25, -0.2) is 4.98 Å². The van der Waals surface area contributed by atoms with Crippen LogP contribution in [0, 0.1) is 5.92 Å². The molecule has 0 unspecified atom stereocenters. The quantitative estimate of drug-likeness (QED) is 0.832. The fraction of sp³-hybridized carbons (Fsp3) is 0.722. The van der Waals surface area contributed by atoms with Crippen LogP contribution in [0.1, 0.15) is 55.4 Å². The number of nitrogens with one attached hydrogen (secondary N) is 1. The SMILES string of the molecule is CO[C@@]12CC[C@@H](NC(=O)C3CCC3)C[C@@H]1N(C(=O)c1csc(N)n1)CC2. The molecule has 0 radical (unpaired) electrons. The van der Waals surface area contributed by atoms with Crippen LogP contribution < -0.4 is 11.1 Å². The van der Waals surface area contributed by atoms with E-state index in [1.807, 2.05) is 4.90 Å². The number of rotatable bonds is 4. The highest BCUT2D eigenvalue weighted by Gasteiger charge is 2.53. The molecule has 2 aliphatic carbocycles.